The molecule has 2 aromatic carbocycles. The van der Waals surface area contributed by atoms with Crippen LogP contribution in [0.1, 0.15) is 5.56 Å². The molecule has 0 aliphatic heterocycles. The minimum absolute atomic E-state index is 0.0142. The molecular formula is C14H11BrF2N2O2. The average molecular weight is 357 g/mol. The second-order valence-corrected chi connectivity index (χ2v) is 5.23. The molecule has 0 atom stereocenters. The Morgan fingerprint density at radius 3 is 2.38 bits per heavy atom. The van der Waals surface area contributed by atoms with Crippen molar-refractivity contribution in [2.24, 2.45) is 0 Å². The van der Waals surface area contributed by atoms with Gasteiger partial charge in [0.05, 0.1) is 4.92 Å². The zero-order chi connectivity index (χ0) is 15.4. The molecule has 7 heteroatoms. The fourth-order valence-electron chi connectivity index (χ4n) is 1.86. The van der Waals surface area contributed by atoms with Gasteiger partial charge in [-0.25, -0.2) is 8.78 Å². The number of rotatable bonds is 5. The molecule has 0 bridgehead atoms. The van der Waals surface area contributed by atoms with Crippen LogP contribution in [0, 0.1) is 21.7 Å². The van der Waals surface area contributed by atoms with Gasteiger partial charge in [0.1, 0.15) is 11.6 Å². The molecule has 110 valence electrons. The molecule has 1 N–H and O–H groups in total. The molecule has 2 aromatic rings. The van der Waals surface area contributed by atoms with Gasteiger partial charge in [-0.05, 0) is 46.1 Å². The Bertz CT molecular complexity index is 660. The molecule has 0 aliphatic carbocycles. The van der Waals surface area contributed by atoms with E-state index in [1.807, 2.05) is 0 Å². The number of non-ortho nitro benzene ring substituents is 1. The number of halogens is 3. The molecular weight excluding hydrogens is 346 g/mol. The predicted molar refractivity (Wildman–Crippen MR) is 79.3 cm³/mol. The highest BCUT2D eigenvalue weighted by molar-refractivity contribution is 9.10. The van der Waals surface area contributed by atoms with Crippen molar-refractivity contribution in [1.82, 2.24) is 0 Å². The lowest BCUT2D eigenvalue weighted by Crippen LogP contribution is -2.06. The Morgan fingerprint density at radius 1 is 1.14 bits per heavy atom. The van der Waals surface area contributed by atoms with Gasteiger partial charge in [-0.2, -0.15) is 0 Å². The molecule has 0 aromatic heterocycles. The number of nitro groups is 1. The van der Waals surface area contributed by atoms with E-state index < -0.39 is 16.6 Å². The lowest BCUT2D eigenvalue weighted by Gasteiger charge is -2.08. The summed E-state index contributed by atoms with van der Waals surface area (Å²) in [5.74, 6) is -1.22. The van der Waals surface area contributed by atoms with Gasteiger partial charge in [-0.15, -0.1) is 0 Å². The van der Waals surface area contributed by atoms with E-state index in [0.29, 0.717) is 28.7 Å². The van der Waals surface area contributed by atoms with Crippen molar-refractivity contribution in [3.63, 3.8) is 0 Å². The number of nitro benzene ring substituents is 1. The lowest BCUT2D eigenvalue weighted by atomic mass is 10.1. The van der Waals surface area contributed by atoms with E-state index in [9.17, 15) is 18.9 Å². The van der Waals surface area contributed by atoms with E-state index in [4.69, 9.17) is 0 Å². The molecule has 2 rings (SSSR count). The van der Waals surface area contributed by atoms with Crippen molar-refractivity contribution in [3.8, 4) is 0 Å². The highest BCUT2D eigenvalue weighted by atomic mass is 79.9. The number of benzene rings is 2. The normalized spacial score (nSPS) is 10.4. The monoisotopic (exact) mass is 356 g/mol. The van der Waals surface area contributed by atoms with E-state index in [2.05, 4.69) is 21.2 Å². The van der Waals surface area contributed by atoms with Crippen LogP contribution in [0.25, 0.3) is 0 Å². The molecule has 0 spiro atoms. The summed E-state index contributed by atoms with van der Waals surface area (Å²) in [6.07, 6.45) is 0.429. The van der Waals surface area contributed by atoms with Gasteiger partial charge >= 0.3 is 0 Å². The lowest BCUT2D eigenvalue weighted by molar-refractivity contribution is -0.384. The Morgan fingerprint density at radius 2 is 1.81 bits per heavy atom. The Balaban J connectivity index is 1.98. The van der Waals surface area contributed by atoms with Gasteiger partial charge in [0.2, 0.25) is 0 Å². The van der Waals surface area contributed by atoms with E-state index in [0.717, 1.165) is 6.07 Å². The summed E-state index contributed by atoms with van der Waals surface area (Å²) in [6.45, 7) is 0.444. The van der Waals surface area contributed by atoms with Crippen LogP contribution in [0.2, 0.25) is 0 Å². The first-order valence-corrected chi connectivity index (χ1v) is 6.88. The SMILES string of the molecule is O=[N+]([O-])c1ccc(NCCc2cc(F)cc(F)c2)c(Br)c1. The summed E-state index contributed by atoms with van der Waals surface area (Å²) in [5.41, 5.74) is 1.20. The molecule has 0 amide bonds. The van der Waals surface area contributed by atoms with Gasteiger partial charge in [-0.3, -0.25) is 10.1 Å². The number of nitrogens with one attached hydrogen (secondary N) is 1. The summed E-state index contributed by atoms with van der Waals surface area (Å²) < 4.78 is 26.6. The van der Waals surface area contributed by atoms with Gasteiger partial charge in [-0.1, -0.05) is 0 Å². The summed E-state index contributed by atoms with van der Waals surface area (Å²) in [6, 6.07) is 7.72. The van der Waals surface area contributed by atoms with Crippen LogP contribution >= 0.6 is 15.9 Å². The van der Waals surface area contributed by atoms with Crippen LogP contribution in [0.15, 0.2) is 40.9 Å². The number of hydrogen-bond acceptors (Lipinski definition) is 3. The fraction of sp³-hybridized carbons (Fsp3) is 0.143. The highest BCUT2D eigenvalue weighted by Crippen LogP contribution is 2.27. The molecule has 21 heavy (non-hydrogen) atoms. The second kappa shape index (κ2) is 6.62. The highest BCUT2D eigenvalue weighted by Gasteiger charge is 2.08. The quantitative estimate of drug-likeness (QED) is 0.642. The molecule has 0 fully saturated rings. The summed E-state index contributed by atoms with van der Waals surface area (Å²) >= 11 is 3.24. The summed E-state index contributed by atoms with van der Waals surface area (Å²) in [7, 11) is 0. The maximum Gasteiger partial charge on any atom is 0.270 e. The van der Waals surface area contributed by atoms with Crippen molar-refractivity contribution >= 4 is 27.3 Å². The van der Waals surface area contributed by atoms with Gasteiger partial charge in [0.15, 0.2) is 0 Å². The molecule has 4 nitrogen and oxygen atoms in total. The van der Waals surface area contributed by atoms with Crippen molar-refractivity contribution in [2.75, 3.05) is 11.9 Å². The smallest absolute Gasteiger partial charge is 0.270 e. The predicted octanol–water partition coefficient (Wildman–Crippen LogP) is 4.29. The van der Waals surface area contributed by atoms with E-state index in [1.165, 1.54) is 24.3 Å². The van der Waals surface area contributed by atoms with Crippen LogP contribution in [0.3, 0.4) is 0 Å². The number of nitrogens with zero attached hydrogens (tertiary/aromatic N) is 1. The van der Waals surface area contributed by atoms with E-state index >= 15 is 0 Å². The van der Waals surface area contributed by atoms with Crippen LogP contribution < -0.4 is 5.32 Å². The van der Waals surface area contributed by atoms with Gasteiger partial charge in [0.25, 0.3) is 5.69 Å². The van der Waals surface area contributed by atoms with Crippen molar-refractivity contribution in [1.29, 1.82) is 0 Å². The molecule has 0 aliphatic rings. The maximum absolute atomic E-state index is 13.0. The van der Waals surface area contributed by atoms with Crippen LogP contribution in [-0.4, -0.2) is 11.5 Å². The Hall–Kier alpha value is -2.02. The second-order valence-electron chi connectivity index (χ2n) is 4.38. The van der Waals surface area contributed by atoms with Gasteiger partial charge < -0.3 is 5.32 Å². The minimum Gasteiger partial charge on any atom is -0.384 e. The molecule has 0 unspecified atom stereocenters. The third-order valence-corrected chi connectivity index (χ3v) is 3.47. The largest absolute Gasteiger partial charge is 0.384 e. The molecule has 0 saturated carbocycles. The zero-order valence-corrected chi connectivity index (χ0v) is 12.4. The zero-order valence-electron chi connectivity index (χ0n) is 10.8. The summed E-state index contributed by atoms with van der Waals surface area (Å²) in [5, 5.41) is 13.7. The topological polar surface area (TPSA) is 55.2 Å². The molecule has 0 heterocycles. The van der Waals surface area contributed by atoms with E-state index in [1.54, 1.807) is 6.07 Å². The Labute approximate surface area is 128 Å². The van der Waals surface area contributed by atoms with Gasteiger partial charge in [0, 0.05) is 34.9 Å². The molecule has 0 saturated heterocycles. The first-order valence-electron chi connectivity index (χ1n) is 6.08. The first-order chi connectivity index (χ1) is 9.95. The van der Waals surface area contributed by atoms with Crippen LogP contribution in [0.4, 0.5) is 20.2 Å². The molecule has 0 radical (unpaired) electrons. The van der Waals surface area contributed by atoms with Crippen molar-refractivity contribution < 1.29 is 13.7 Å². The summed E-state index contributed by atoms with van der Waals surface area (Å²) in [4.78, 5) is 10.1. The first kappa shape index (κ1) is 15.4. The number of hydrogen-bond donors (Lipinski definition) is 1. The fourth-order valence-corrected chi connectivity index (χ4v) is 2.36. The third-order valence-electron chi connectivity index (χ3n) is 2.81. The number of anilines is 1. The van der Waals surface area contributed by atoms with E-state index in [-0.39, 0.29) is 5.69 Å². The Kier molecular flexibility index (Phi) is 4.85. The standard InChI is InChI=1S/C14H11BrF2N2O2/c15-13-8-12(19(20)21)1-2-14(13)18-4-3-9-5-10(16)7-11(17)6-9/h1-2,5-8,18H,3-4H2. The van der Waals surface area contributed by atoms with Crippen LogP contribution in [0.5, 0.6) is 0 Å². The van der Waals surface area contributed by atoms with Crippen molar-refractivity contribution in [3.05, 3.63) is 68.2 Å². The average Bonchev–Trinajstić information content (AvgIpc) is 2.39. The van der Waals surface area contributed by atoms with Crippen molar-refractivity contribution in [2.45, 2.75) is 6.42 Å². The third kappa shape index (κ3) is 4.22. The minimum atomic E-state index is -0.610. The van der Waals surface area contributed by atoms with Crippen LogP contribution in [-0.2, 0) is 6.42 Å². The maximum atomic E-state index is 13.0.